The van der Waals surface area contributed by atoms with Gasteiger partial charge in [0.15, 0.2) is 11.7 Å². The Morgan fingerprint density at radius 3 is 2.43 bits per heavy atom. The number of allylic oxidation sites excluding steroid dienone is 1. The van der Waals surface area contributed by atoms with E-state index in [0.29, 0.717) is 0 Å². The molecular weight excluding hydrogens is 620 g/mol. The van der Waals surface area contributed by atoms with E-state index < -0.39 is 112 Å². The van der Waals surface area contributed by atoms with Crippen molar-refractivity contribution in [2.24, 2.45) is 39.9 Å². The molecule has 7 rings (SSSR count). The minimum atomic E-state index is -1.88. The van der Waals surface area contributed by atoms with Gasteiger partial charge in [0.2, 0.25) is 6.29 Å². The summed E-state index contributed by atoms with van der Waals surface area (Å²) >= 11 is 0. The molecule has 47 heavy (non-hydrogen) atoms. The number of esters is 3. The van der Waals surface area contributed by atoms with E-state index in [1.165, 1.54) is 26.6 Å². The molecule has 260 valence electrons. The molecule has 4 aliphatic heterocycles. The first-order chi connectivity index (χ1) is 22.1. The van der Waals surface area contributed by atoms with E-state index in [4.69, 9.17) is 33.2 Å². The summed E-state index contributed by atoms with van der Waals surface area (Å²) in [4.78, 5) is 40.8. The predicted molar refractivity (Wildman–Crippen MR) is 155 cm³/mol. The van der Waals surface area contributed by atoms with Crippen LogP contribution in [0, 0.1) is 39.9 Å². The average Bonchev–Trinajstić information content (AvgIpc) is 3.73. The maximum atomic E-state index is 14.0. The van der Waals surface area contributed by atoms with Crippen molar-refractivity contribution in [3.05, 3.63) is 24.0 Å². The fourth-order valence-electron chi connectivity index (χ4n) is 11.4. The topological polar surface area (TPSA) is 197 Å². The van der Waals surface area contributed by atoms with Crippen LogP contribution in [-0.4, -0.2) is 120 Å². The van der Waals surface area contributed by atoms with Crippen molar-refractivity contribution < 1.29 is 68.0 Å². The maximum absolute atomic E-state index is 14.0. The molecule has 2 bridgehead atoms. The van der Waals surface area contributed by atoms with Crippen molar-refractivity contribution in [2.75, 3.05) is 27.4 Å². The fourth-order valence-corrected chi connectivity index (χ4v) is 11.4. The molecule has 16 unspecified atom stereocenters. The quantitative estimate of drug-likeness (QED) is 0.174. The Morgan fingerprint density at radius 2 is 1.77 bits per heavy atom. The predicted octanol–water partition coefficient (Wildman–Crippen LogP) is -0.254. The average molecular weight is 665 g/mol. The number of carbonyl (C=O) groups is 3. The summed E-state index contributed by atoms with van der Waals surface area (Å²) < 4.78 is 41.6. The first-order valence-corrected chi connectivity index (χ1v) is 16.1. The largest absolute Gasteiger partial charge is 0.469 e. The summed E-state index contributed by atoms with van der Waals surface area (Å²) in [7, 11) is 2.63. The number of aliphatic hydroxyl groups excluding tert-OH is 3. The fraction of sp³-hybridized carbons (Fsp3) is 0.788. The molecular formula is C33H44O14. The molecule has 7 aliphatic rings. The van der Waals surface area contributed by atoms with Crippen LogP contribution in [0.3, 0.4) is 0 Å². The van der Waals surface area contributed by atoms with Crippen LogP contribution in [0.25, 0.3) is 0 Å². The first-order valence-electron chi connectivity index (χ1n) is 16.1. The zero-order chi connectivity index (χ0) is 34.1. The number of cyclic esters (lactones) is 1. The van der Waals surface area contributed by atoms with Crippen molar-refractivity contribution in [3.63, 3.8) is 0 Å². The van der Waals surface area contributed by atoms with E-state index in [1.807, 2.05) is 0 Å². The van der Waals surface area contributed by atoms with Gasteiger partial charge in [-0.2, -0.15) is 0 Å². The van der Waals surface area contributed by atoms with Gasteiger partial charge >= 0.3 is 17.9 Å². The normalized spacial score (nSPS) is 54.1. The van der Waals surface area contributed by atoms with Crippen molar-refractivity contribution in [2.45, 2.75) is 94.7 Å². The highest BCUT2D eigenvalue weighted by molar-refractivity contribution is 5.88. The molecule has 0 amide bonds. The van der Waals surface area contributed by atoms with Gasteiger partial charge in [0.25, 0.3) is 0 Å². The highest BCUT2D eigenvalue weighted by Crippen LogP contribution is 2.74. The van der Waals surface area contributed by atoms with Crippen molar-refractivity contribution in [3.8, 4) is 0 Å². The lowest BCUT2D eigenvalue weighted by molar-refractivity contribution is -0.312. The van der Waals surface area contributed by atoms with Crippen LogP contribution in [-0.2, 0) is 47.5 Å². The molecule has 4 heterocycles. The van der Waals surface area contributed by atoms with Crippen LogP contribution >= 0.6 is 0 Å². The maximum Gasteiger partial charge on any atom is 0.335 e. The number of aliphatic hydroxyl groups is 4. The molecule has 0 radical (unpaired) electrons. The second kappa shape index (κ2) is 10.5. The van der Waals surface area contributed by atoms with Crippen LogP contribution in [0.4, 0.5) is 0 Å². The lowest BCUT2D eigenvalue weighted by Crippen LogP contribution is -2.78. The summed E-state index contributed by atoms with van der Waals surface area (Å²) in [6, 6.07) is 0. The van der Waals surface area contributed by atoms with Crippen LogP contribution in [0.2, 0.25) is 0 Å². The number of hydrogen-bond acceptors (Lipinski definition) is 14. The van der Waals surface area contributed by atoms with Crippen molar-refractivity contribution in [1.82, 2.24) is 0 Å². The molecule has 3 aliphatic carbocycles. The summed E-state index contributed by atoms with van der Waals surface area (Å²) in [6.45, 7) is 5.90. The number of methoxy groups -OCH3 is 2. The van der Waals surface area contributed by atoms with Gasteiger partial charge in [-0.05, 0) is 26.3 Å². The molecule has 3 saturated heterocycles. The van der Waals surface area contributed by atoms with Gasteiger partial charge in [0, 0.05) is 53.6 Å². The van der Waals surface area contributed by atoms with Gasteiger partial charge in [-0.15, -0.1) is 0 Å². The van der Waals surface area contributed by atoms with Gasteiger partial charge in [0.05, 0.1) is 44.4 Å². The van der Waals surface area contributed by atoms with E-state index in [9.17, 15) is 34.8 Å². The van der Waals surface area contributed by atoms with Gasteiger partial charge in [-0.3, -0.25) is 4.79 Å². The highest BCUT2D eigenvalue weighted by Gasteiger charge is 2.84. The second-order valence-electron chi connectivity index (χ2n) is 14.9. The third-order valence-corrected chi connectivity index (χ3v) is 13.4. The second-order valence-corrected chi connectivity index (χ2v) is 14.9. The smallest absolute Gasteiger partial charge is 0.335 e. The summed E-state index contributed by atoms with van der Waals surface area (Å²) in [5, 5.41) is 48.8. The molecule has 6 fully saturated rings. The van der Waals surface area contributed by atoms with Crippen LogP contribution in [0.1, 0.15) is 40.5 Å². The van der Waals surface area contributed by atoms with Crippen molar-refractivity contribution in [1.29, 1.82) is 0 Å². The third kappa shape index (κ3) is 3.72. The molecule has 16 atom stereocenters. The number of hydrogen-bond donors (Lipinski definition) is 4. The molecule has 4 N–H and O–H groups in total. The van der Waals surface area contributed by atoms with Gasteiger partial charge < -0.3 is 53.6 Å². The Bertz CT molecular complexity index is 1430. The lowest BCUT2D eigenvalue weighted by atomic mass is 9.37. The summed E-state index contributed by atoms with van der Waals surface area (Å²) in [5.74, 6) is -6.45. The number of carbonyl (C=O) groups excluding carboxylic acids is 3. The Hall–Kier alpha value is -2.59. The van der Waals surface area contributed by atoms with Crippen LogP contribution in [0.15, 0.2) is 24.0 Å². The zero-order valence-corrected chi connectivity index (χ0v) is 27.3. The minimum absolute atomic E-state index is 0.241. The van der Waals surface area contributed by atoms with E-state index in [1.54, 1.807) is 33.8 Å². The molecule has 3 saturated carbocycles. The van der Waals surface area contributed by atoms with E-state index in [-0.39, 0.29) is 31.6 Å². The minimum Gasteiger partial charge on any atom is -0.469 e. The lowest BCUT2D eigenvalue weighted by Gasteiger charge is -2.68. The summed E-state index contributed by atoms with van der Waals surface area (Å²) in [6.07, 6.45) is -4.58. The SMILES string of the molecule is CC=C(C)C(=O)OC1CC(O)C2(C)C3C(OCC13C(=O)OC)C(O)C1(C)C3C4CC(C5(O)C=COC5O4)C3(OC)COC(=O)C(O)C12. The van der Waals surface area contributed by atoms with Gasteiger partial charge in [0.1, 0.15) is 23.7 Å². The molecule has 0 aromatic heterocycles. The Morgan fingerprint density at radius 1 is 1.04 bits per heavy atom. The van der Waals surface area contributed by atoms with Crippen LogP contribution in [0.5, 0.6) is 0 Å². The Balaban J connectivity index is 1.43. The Kier molecular flexibility index (Phi) is 7.33. The molecule has 0 aromatic carbocycles. The zero-order valence-electron chi connectivity index (χ0n) is 27.3. The van der Waals surface area contributed by atoms with Crippen molar-refractivity contribution >= 4 is 17.9 Å². The highest BCUT2D eigenvalue weighted by atomic mass is 16.7. The van der Waals surface area contributed by atoms with E-state index >= 15 is 0 Å². The number of ether oxygens (including phenoxy) is 7. The van der Waals surface area contributed by atoms with Gasteiger partial charge in [-0.25, -0.2) is 9.59 Å². The number of fused-ring (bicyclic) bond motifs is 10. The molecule has 14 heteroatoms. The molecule has 0 spiro atoms. The monoisotopic (exact) mass is 664 g/mol. The summed E-state index contributed by atoms with van der Waals surface area (Å²) in [5.41, 5.74) is -7.60. The first kappa shape index (κ1) is 32.9. The van der Waals surface area contributed by atoms with Crippen LogP contribution < -0.4 is 0 Å². The third-order valence-electron chi connectivity index (χ3n) is 13.4. The Labute approximate surface area is 271 Å². The standard InChI is InChI=1S/C33H44O14/c1-7-14(2)25(37)47-18-11-17(34)29(3)22-19(35)26(38)45-13-33(42-6)16-10-15(46-28-32(16,40)8-9-43-28)21(33)30(22,4)24(36)20-23(29)31(18,12-44-20)27(39)41-5/h7-9,15-24,28,34-36,40H,10-13H2,1-6H3. The van der Waals surface area contributed by atoms with E-state index in [0.717, 1.165) is 0 Å². The molecule has 0 aromatic rings. The number of rotatable bonds is 4. The van der Waals surface area contributed by atoms with E-state index in [2.05, 4.69) is 0 Å². The molecule has 14 nitrogen and oxygen atoms in total. The van der Waals surface area contributed by atoms with Gasteiger partial charge in [-0.1, -0.05) is 19.9 Å².